The molecule has 0 spiro atoms. The molecule has 0 saturated heterocycles. The standard InChI is InChI=1S/C12H16F2N2O2S/c1-12(2)5-7(12)6-16-19(17,18)11-9(13)3-8(15)4-10(11)14/h3-4,7,16H,5-6,15H2,1-2H3. The van der Waals surface area contributed by atoms with E-state index in [4.69, 9.17) is 5.73 Å². The Morgan fingerprint density at radius 1 is 1.37 bits per heavy atom. The van der Waals surface area contributed by atoms with Crippen molar-refractivity contribution in [3.05, 3.63) is 23.8 Å². The number of sulfonamides is 1. The van der Waals surface area contributed by atoms with E-state index in [0.717, 1.165) is 18.6 Å². The number of rotatable bonds is 4. The highest BCUT2D eigenvalue weighted by Crippen LogP contribution is 2.51. The molecule has 1 fully saturated rings. The van der Waals surface area contributed by atoms with Crippen LogP contribution >= 0.6 is 0 Å². The first-order chi connectivity index (χ1) is 8.63. The Balaban J connectivity index is 2.20. The van der Waals surface area contributed by atoms with Gasteiger partial charge in [0.2, 0.25) is 10.0 Å². The maximum Gasteiger partial charge on any atom is 0.246 e. The zero-order valence-corrected chi connectivity index (χ0v) is 11.5. The molecule has 0 radical (unpaired) electrons. The van der Waals surface area contributed by atoms with Gasteiger partial charge in [0.05, 0.1) is 0 Å². The first kappa shape index (κ1) is 14.2. The molecule has 1 aliphatic rings. The van der Waals surface area contributed by atoms with Crippen molar-refractivity contribution in [2.24, 2.45) is 11.3 Å². The highest BCUT2D eigenvalue weighted by atomic mass is 32.2. The van der Waals surface area contributed by atoms with Gasteiger partial charge in [0.25, 0.3) is 0 Å². The third-order valence-corrected chi connectivity index (χ3v) is 5.00. The summed E-state index contributed by atoms with van der Waals surface area (Å²) >= 11 is 0. The highest BCUT2D eigenvalue weighted by Gasteiger charge is 2.45. The predicted octanol–water partition coefficient (Wildman–Crippen LogP) is 1.87. The van der Waals surface area contributed by atoms with Gasteiger partial charge in [-0.05, 0) is 29.9 Å². The second-order valence-electron chi connectivity index (χ2n) is 5.56. The van der Waals surface area contributed by atoms with E-state index in [2.05, 4.69) is 4.72 Å². The van der Waals surface area contributed by atoms with Gasteiger partial charge in [-0.2, -0.15) is 0 Å². The third-order valence-electron chi connectivity index (χ3n) is 3.53. The molecular weight excluding hydrogens is 274 g/mol. The van der Waals surface area contributed by atoms with Crippen molar-refractivity contribution < 1.29 is 17.2 Å². The molecule has 0 aliphatic heterocycles. The van der Waals surface area contributed by atoms with Crippen LogP contribution in [0.4, 0.5) is 14.5 Å². The lowest BCUT2D eigenvalue weighted by molar-refractivity contribution is 0.507. The molecule has 2 rings (SSSR count). The van der Waals surface area contributed by atoms with Crippen LogP contribution in [0.2, 0.25) is 0 Å². The average molecular weight is 290 g/mol. The van der Waals surface area contributed by atoms with E-state index in [1.807, 2.05) is 13.8 Å². The Bertz CT molecular complexity index is 591. The number of nitrogen functional groups attached to an aromatic ring is 1. The summed E-state index contributed by atoms with van der Waals surface area (Å²) in [6, 6.07) is 1.58. The molecule has 1 aromatic carbocycles. The molecule has 1 atom stereocenters. The molecule has 1 unspecified atom stereocenters. The minimum Gasteiger partial charge on any atom is -0.399 e. The van der Waals surface area contributed by atoms with Crippen molar-refractivity contribution in [3.8, 4) is 0 Å². The smallest absolute Gasteiger partial charge is 0.246 e. The van der Waals surface area contributed by atoms with Gasteiger partial charge in [0.15, 0.2) is 4.90 Å². The molecule has 0 heterocycles. The van der Waals surface area contributed by atoms with Gasteiger partial charge < -0.3 is 5.73 Å². The maximum atomic E-state index is 13.6. The molecule has 4 nitrogen and oxygen atoms in total. The minimum atomic E-state index is -4.20. The van der Waals surface area contributed by atoms with Crippen molar-refractivity contribution in [3.63, 3.8) is 0 Å². The molecule has 1 saturated carbocycles. The van der Waals surface area contributed by atoms with Gasteiger partial charge in [-0.25, -0.2) is 21.9 Å². The lowest BCUT2D eigenvalue weighted by Gasteiger charge is -2.10. The van der Waals surface area contributed by atoms with Crippen molar-refractivity contribution in [1.82, 2.24) is 4.72 Å². The number of nitrogens with two attached hydrogens (primary N) is 1. The zero-order valence-electron chi connectivity index (χ0n) is 10.7. The first-order valence-electron chi connectivity index (χ1n) is 5.88. The van der Waals surface area contributed by atoms with Crippen LogP contribution in [0.25, 0.3) is 0 Å². The van der Waals surface area contributed by atoms with Crippen LogP contribution in [0.1, 0.15) is 20.3 Å². The summed E-state index contributed by atoms with van der Waals surface area (Å²) < 4.78 is 53.2. The van der Waals surface area contributed by atoms with Gasteiger partial charge in [0, 0.05) is 12.2 Å². The number of anilines is 1. The van der Waals surface area contributed by atoms with Crippen LogP contribution in [-0.4, -0.2) is 15.0 Å². The average Bonchev–Trinajstić information content (AvgIpc) is 2.81. The number of halogens is 2. The molecule has 7 heteroatoms. The van der Waals surface area contributed by atoms with E-state index in [1.165, 1.54) is 0 Å². The van der Waals surface area contributed by atoms with E-state index in [0.29, 0.717) is 0 Å². The Kier molecular flexibility index (Phi) is 3.30. The molecule has 1 aromatic rings. The van der Waals surface area contributed by atoms with E-state index < -0.39 is 26.6 Å². The van der Waals surface area contributed by atoms with Crippen LogP contribution in [-0.2, 0) is 10.0 Å². The lowest BCUT2D eigenvalue weighted by atomic mass is 10.1. The molecular formula is C12H16F2N2O2S. The van der Waals surface area contributed by atoms with Gasteiger partial charge in [0.1, 0.15) is 11.6 Å². The Morgan fingerprint density at radius 2 is 1.84 bits per heavy atom. The van der Waals surface area contributed by atoms with Crippen molar-refractivity contribution in [2.75, 3.05) is 12.3 Å². The van der Waals surface area contributed by atoms with Crippen molar-refractivity contribution in [2.45, 2.75) is 25.2 Å². The topological polar surface area (TPSA) is 72.2 Å². The van der Waals surface area contributed by atoms with Gasteiger partial charge in [-0.15, -0.1) is 0 Å². The monoisotopic (exact) mass is 290 g/mol. The van der Waals surface area contributed by atoms with E-state index in [-0.39, 0.29) is 23.6 Å². The summed E-state index contributed by atoms with van der Waals surface area (Å²) in [5, 5.41) is 0. The molecule has 0 amide bonds. The molecule has 19 heavy (non-hydrogen) atoms. The first-order valence-corrected chi connectivity index (χ1v) is 7.36. The van der Waals surface area contributed by atoms with Crippen LogP contribution in [0, 0.1) is 23.0 Å². The normalized spacial score (nSPS) is 21.4. The number of hydrogen-bond donors (Lipinski definition) is 2. The van der Waals surface area contributed by atoms with Crippen LogP contribution in [0.15, 0.2) is 17.0 Å². The second-order valence-corrected chi connectivity index (χ2v) is 7.26. The van der Waals surface area contributed by atoms with Crippen molar-refractivity contribution in [1.29, 1.82) is 0 Å². The third kappa shape index (κ3) is 2.87. The summed E-state index contributed by atoms with van der Waals surface area (Å²) in [4.78, 5) is -0.972. The largest absolute Gasteiger partial charge is 0.399 e. The Morgan fingerprint density at radius 3 is 2.26 bits per heavy atom. The molecule has 106 valence electrons. The molecule has 1 aliphatic carbocycles. The van der Waals surface area contributed by atoms with Gasteiger partial charge >= 0.3 is 0 Å². The number of hydrogen-bond acceptors (Lipinski definition) is 3. The second kappa shape index (κ2) is 4.42. The fourth-order valence-electron chi connectivity index (χ4n) is 2.04. The van der Waals surface area contributed by atoms with E-state index in [1.54, 1.807) is 0 Å². The van der Waals surface area contributed by atoms with E-state index >= 15 is 0 Å². The van der Waals surface area contributed by atoms with Crippen LogP contribution in [0.3, 0.4) is 0 Å². The zero-order chi connectivity index (χ0) is 14.4. The summed E-state index contributed by atoms with van der Waals surface area (Å²) in [5.41, 5.74) is 5.17. The summed E-state index contributed by atoms with van der Waals surface area (Å²) in [6.45, 7) is 4.20. The predicted molar refractivity (Wildman–Crippen MR) is 67.8 cm³/mol. The summed E-state index contributed by atoms with van der Waals surface area (Å²) in [7, 11) is -4.20. The van der Waals surface area contributed by atoms with Gasteiger partial charge in [-0.1, -0.05) is 13.8 Å². The highest BCUT2D eigenvalue weighted by molar-refractivity contribution is 7.89. The Hall–Kier alpha value is -1.21. The quantitative estimate of drug-likeness (QED) is 0.832. The maximum absolute atomic E-state index is 13.6. The number of nitrogens with one attached hydrogen (secondary N) is 1. The van der Waals surface area contributed by atoms with Crippen molar-refractivity contribution >= 4 is 15.7 Å². The van der Waals surface area contributed by atoms with Crippen LogP contribution in [0.5, 0.6) is 0 Å². The fraction of sp³-hybridized carbons (Fsp3) is 0.500. The minimum absolute atomic E-state index is 0.0841. The summed E-state index contributed by atoms with van der Waals surface area (Å²) in [5.74, 6) is -2.16. The fourth-order valence-corrected chi connectivity index (χ4v) is 3.24. The van der Waals surface area contributed by atoms with Gasteiger partial charge in [-0.3, -0.25) is 0 Å². The van der Waals surface area contributed by atoms with E-state index in [9.17, 15) is 17.2 Å². The molecule has 0 aromatic heterocycles. The summed E-state index contributed by atoms with van der Waals surface area (Å²) in [6.07, 6.45) is 0.891. The Labute approximate surface area is 111 Å². The SMILES string of the molecule is CC1(C)CC1CNS(=O)(=O)c1c(F)cc(N)cc1F. The number of benzene rings is 1. The van der Waals surface area contributed by atoms with Crippen LogP contribution < -0.4 is 10.5 Å². The molecule has 3 N–H and O–H groups in total. The lowest BCUT2D eigenvalue weighted by Crippen LogP contribution is -2.28. The molecule has 0 bridgehead atoms.